The maximum Gasteiger partial charge on any atom is 0.139 e. The van der Waals surface area contributed by atoms with Gasteiger partial charge in [0, 0.05) is 23.2 Å². The average Bonchev–Trinajstić information content (AvgIpc) is 3.12. The normalized spacial score (nSPS) is 30.0. The first-order valence-electron chi connectivity index (χ1n) is 6.68. The molecule has 0 atom stereocenters. The lowest BCUT2D eigenvalue weighted by Gasteiger charge is -2.39. The van der Waals surface area contributed by atoms with Crippen molar-refractivity contribution < 1.29 is 14.7 Å². The van der Waals surface area contributed by atoms with Gasteiger partial charge in [0.2, 0.25) is 0 Å². The van der Waals surface area contributed by atoms with Gasteiger partial charge in [-0.1, -0.05) is 13.8 Å². The van der Waals surface area contributed by atoms with E-state index in [1.54, 1.807) is 13.8 Å². The fraction of sp³-hybridized carbons (Fsp3) is 0.857. The van der Waals surface area contributed by atoms with Crippen LogP contribution in [0.25, 0.3) is 0 Å². The first-order valence-corrected chi connectivity index (χ1v) is 6.68. The predicted molar refractivity (Wildman–Crippen MR) is 62.0 cm³/mol. The molecule has 2 aliphatic carbocycles. The summed E-state index contributed by atoms with van der Waals surface area (Å²) in [4.78, 5) is 23.0. The molecule has 2 saturated carbocycles. The summed E-state index contributed by atoms with van der Waals surface area (Å²) in [7, 11) is 0. The summed E-state index contributed by atoms with van der Waals surface area (Å²) >= 11 is 0. The Morgan fingerprint density at radius 1 is 0.941 bits per heavy atom. The van der Waals surface area contributed by atoms with Crippen molar-refractivity contribution >= 4 is 11.8 Å². The molecular formula is C14H21O3-. The van der Waals surface area contributed by atoms with E-state index in [0.717, 1.165) is 38.5 Å². The van der Waals surface area contributed by atoms with E-state index < -0.39 is 11.4 Å². The smallest absolute Gasteiger partial charge is 0.139 e. The van der Waals surface area contributed by atoms with Gasteiger partial charge in [-0.15, -0.1) is 0 Å². The minimum Gasteiger partial charge on any atom is -0.550 e. The Morgan fingerprint density at radius 2 is 1.35 bits per heavy atom. The minimum absolute atomic E-state index is 0.163. The van der Waals surface area contributed by atoms with Gasteiger partial charge >= 0.3 is 0 Å². The van der Waals surface area contributed by atoms with Crippen LogP contribution in [-0.2, 0) is 9.59 Å². The van der Waals surface area contributed by atoms with E-state index in [1.165, 1.54) is 0 Å². The number of carboxylic acids is 1. The monoisotopic (exact) mass is 237 g/mol. The first kappa shape index (κ1) is 12.6. The summed E-state index contributed by atoms with van der Waals surface area (Å²) in [5, 5.41) is 11.1. The number of aliphatic carboxylic acids is 1. The van der Waals surface area contributed by atoms with Crippen molar-refractivity contribution in [3.05, 3.63) is 0 Å². The highest BCUT2D eigenvalue weighted by Gasteiger charge is 2.39. The molecule has 0 saturated heterocycles. The quantitative estimate of drug-likeness (QED) is 0.745. The second kappa shape index (κ2) is 4.43. The fourth-order valence-electron chi connectivity index (χ4n) is 2.97. The van der Waals surface area contributed by atoms with Gasteiger partial charge in [0.1, 0.15) is 5.78 Å². The Hall–Kier alpha value is -0.860. The largest absolute Gasteiger partial charge is 0.550 e. The Labute approximate surface area is 103 Å². The van der Waals surface area contributed by atoms with E-state index in [4.69, 9.17) is 0 Å². The summed E-state index contributed by atoms with van der Waals surface area (Å²) in [6.45, 7) is 3.49. The molecule has 0 radical (unpaired) electrons. The van der Waals surface area contributed by atoms with Gasteiger partial charge in [0.05, 0.1) is 0 Å². The molecule has 2 fully saturated rings. The zero-order valence-corrected chi connectivity index (χ0v) is 10.7. The molecule has 17 heavy (non-hydrogen) atoms. The van der Waals surface area contributed by atoms with Gasteiger partial charge in [0.15, 0.2) is 0 Å². The number of carbonyl (C=O) groups is 2. The molecule has 96 valence electrons. The highest BCUT2D eigenvalue weighted by Crippen LogP contribution is 2.43. The lowest BCUT2D eigenvalue weighted by atomic mass is 9.68. The molecular weight excluding hydrogens is 216 g/mol. The van der Waals surface area contributed by atoms with E-state index in [0.29, 0.717) is 11.7 Å². The number of carbonyl (C=O) groups excluding carboxylic acids is 2. The summed E-state index contributed by atoms with van der Waals surface area (Å²) in [5.41, 5.74) is -0.756. The number of ketones is 1. The van der Waals surface area contributed by atoms with Gasteiger partial charge in [-0.05, 0) is 44.4 Å². The van der Waals surface area contributed by atoms with Crippen LogP contribution in [0, 0.1) is 23.2 Å². The molecule has 0 bridgehead atoms. The van der Waals surface area contributed by atoms with Crippen LogP contribution >= 0.6 is 0 Å². The maximum absolute atomic E-state index is 11.9. The second-order valence-corrected chi connectivity index (χ2v) is 6.23. The van der Waals surface area contributed by atoms with E-state index in [1.807, 2.05) is 0 Å². The zero-order valence-electron chi connectivity index (χ0n) is 10.7. The number of hydrogen-bond acceptors (Lipinski definition) is 3. The third-order valence-electron chi connectivity index (χ3n) is 4.66. The molecule has 3 heteroatoms. The van der Waals surface area contributed by atoms with Gasteiger partial charge in [0.25, 0.3) is 0 Å². The molecule has 0 N–H and O–H groups in total. The summed E-state index contributed by atoms with van der Waals surface area (Å²) in [6, 6.07) is 0. The molecule has 0 unspecified atom stereocenters. The van der Waals surface area contributed by atoms with Crippen LogP contribution in [0.4, 0.5) is 0 Å². The lowest BCUT2D eigenvalue weighted by molar-refractivity contribution is -0.320. The van der Waals surface area contributed by atoms with Gasteiger partial charge in [-0.3, -0.25) is 4.79 Å². The second-order valence-electron chi connectivity index (χ2n) is 6.23. The predicted octanol–water partition coefficient (Wildman–Crippen LogP) is 1.55. The number of Topliss-reactive ketones (excluding diaryl/α,β-unsaturated/α-hetero) is 1. The van der Waals surface area contributed by atoms with Crippen LogP contribution in [0.3, 0.4) is 0 Å². The summed E-state index contributed by atoms with van der Waals surface area (Å²) in [6.07, 6.45) is 5.59. The summed E-state index contributed by atoms with van der Waals surface area (Å²) < 4.78 is 0. The van der Waals surface area contributed by atoms with E-state index in [9.17, 15) is 14.7 Å². The Balaban J connectivity index is 1.89. The molecule has 3 nitrogen and oxygen atoms in total. The molecule has 0 aromatic carbocycles. The van der Waals surface area contributed by atoms with Crippen molar-refractivity contribution in [3.8, 4) is 0 Å². The number of hydrogen-bond donors (Lipinski definition) is 0. The molecule has 2 aliphatic rings. The van der Waals surface area contributed by atoms with Crippen LogP contribution in [0.15, 0.2) is 0 Å². The van der Waals surface area contributed by atoms with Crippen molar-refractivity contribution in [2.24, 2.45) is 23.2 Å². The molecule has 0 aromatic rings. The zero-order chi connectivity index (χ0) is 12.6. The molecule has 0 aromatic heterocycles. The van der Waals surface area contributed by atoms with Crippen molar-refractivity contribution in [2.45, 2.75) is 52.4 Å². The van der Waals surface area contributed by atoms with Crippen molar-refractivity contribution in [2.75, 3.05) is 0 Å². The highest BCUT2D eigenvalue weighted by molar-refractivity contribution is 5.85. The van der Waals surface area contributed by atoms with Crippen LogP contribution in [0.5, 0.6) is 0 Å². The molecule has 0 aliphatic heterocycles. The van der Waals surface area contributed by atoms with E-state index in [2.05, 4.69) is 0 Å². The van der Waals surface area contributed by atoms with E-state index >= 15 is 0 Å². The fourth-order valence-corrected chi connectivity index (χ4v) is 2.97. The van der Waals surface area contributed by atoms with Crippen LogP contribution < -0.4 is 5.11 Å². The molecule has 2 rings (SSSR count). The van der Waals surface area contributed by atoms with Crippen molar-refractivity contribution in [1.29, 1.82) is 0 Å². The Bertz CT molecular complexity index is 320. The summed E-state index contributed by atoms with van der Waals surface area (Å²) in [5.74, 6) is 0.182. The van der Waals surface area contributed by atoms with E-state index in [-0.39, 0.29) is 11.8 Å². The van der Waals surface area contributed by atoms with Gasteiger partial charge in [-0.2, -0.15) is 0 Å². The first-order chi connectivity index (χ1) is 7.93. The van der Waals surface area contributed by atoms with Gasteiger partial charge in [-0.25, -0.2) is 0 Å². The average molecular weight is 237 g/mol. The number of carboxylic acid groups (broad SMARTS) is 1. The maximum atomic E-state index is 11.9. The highest BCUT2D eigenvalue weighted by atomic mass is 16.4. The molecule has 0 spiro atoms. The van der Waals surface area contributed by atoms with Crippen LogP contribution in [0.1, 0.15) is 52.4 Å². The third kappa shape index (κ3) is 2.53. The van der Waals surface area contributed by atoms with Crippen molar-refractivity contribution in [3.63, 3.8) is 0 Å². The topological polar surface area (TPSA) is 57.2 Å². The standard InChI is InChI=1S/C14H22O3/c1-14(2,13(16)17)11-7-5-10(6-8-11)12(15)9-3-4-9/h9-11H,3-8H2,1-2H3,(H,16,17)/p-1. The van der Waals surface area contributed by atoms with Crippen LogP contribution in [0.2, 0.25) is 0 Å². The Kier molecular flexibility index (Phi) is 3.28. The SMILES string of the molecule is CC(C)(C(=O)[O-])C1CCC(C(=O)C2CC2)CC1. The van der Waals surface area contributed by atoms with Gasteiger partial charge < -0.3 is 9.90 Å². The molecule has 0 heterocycles. The van der Waals surface area contributed by atoms with Crippen molar-refractivity contribution in [1.82, 2.24) is 0 Å². The number of rotatable bonds is 4. The Morgan fingerprint density at radius 3 is 1.71 bits per heavy atom. The lowest BCUT2D eigenvalue weighted by Crippen LogP contribution is -2.44. The third-order valence-corrected chi connectivity index (χ3v) is 4.66. The van der Waals surface area contributed by atoms with Crippen LogP contribution in [-0.4, -0.2) is 11.8 Å². The minimum atomic E-state index is -0.963. The molecule has 0 amide bonds.